The summed E-state index contributed by atoms with van der Waals surface area (Å²) in [7, 11) is 0. The molecule has 0 heterocycles. The van der Waals surface area contributed by atoms with Gasteiger partial charge in [0.2, 0.25) is 23.6 Å². The molecule has 0 fully saturated rings. The minimum Gasteiger partial charge on any atom is -0.508 e. The predicted molar refractivity (Wildman–Crippen MR) is 157 cm³/mol. The number of guanidine groups is 1. The van der Waals surface area contributed by atoms with Crippen molar-refractivity contribution in [2.45, 2.75) is 56.3 Å². The quantitative estimate of drug-likeness (QED) is 0.0547. The molecule has 2 aromatic carbocycles. The van der Waals surface area contributed by atoms with E-state index >= 15 is 0 Å². The monoisotopic (exact) mass is 598 g/mol. The van der Waals surface area contributed by atoms with Gasteiger partial charge in [0, 0.05) is 19.4 Å². The van der Waals surface area contributed by atoms with Gasteiger partial charge in [-0.2, -0.15) is 0 Å². The molecule has 2 rings (SSSR count). The molecule has 0 saturated carbocycles. The average Bonchev–Trinajstić information content (AvgIpc) is 2.95. The lowest BCUT2D eigenvalue weighted by Crippen LogP contribution is -2.58. The van der Waals surface area contributed by atoms with Crippen LogP contribution in [0.3, 0.4) is 0 Å². The number of nitrogens with two attached hydrogens (primary N) is 4. The molecule has 13 N–H and O–H groups in total. The molecule has 4 atom stereocenters. The molecule has 15 nitrogen and oxygen atoms in total. The number of carboxylic acids is 1. The van der Waals surface area contributed by atoms with Crippen molar-refractivity contribution in [3.63, 3.8) is 0 Å². The number of phenols is 1. The van der Waals surface area contributed by atoms with Gasteiger partial charge in [-0.3, -0.25) is 24.2 Å². The summed E-state index contributed by atoms with van der Waals surface area (Å²) in [6.07, 6.45) is -0.102. The smallest absolute Gasteiger partial charge is 0.326 e. The van der Waals surface area contributed by atoms with E-state index in [4.69, 9.17) is 22.9 Å². The van der Waals surface area contributed by atoms with Gasteiger partial charge >= 0.3 is 5.97 Å². The highest BCUT2D eigenvalue weighted by molar-refractivity contribution is 5.95. The van der Waals surface area contributed by atoms with Crippen molar-refractivity contribution >= 4 is 35.6 Å². The van der Waals surface area contributed by atoms with Gasteiger partial charge < -0.3 is 49.1 Å². The number of primary amides is 1. The largest absolute Gasteiger partial charge is 0.508 e. The molecule has 4 amide bonds. The number of hydrogen-bond donors (Lipinski definition) is 9. The van der Waals surface area contributed by atoms with Crippen LogP contribution in [0.2, 0.25) is 0 Å². The zero-order valence-corrected chi connectivity index (χ0v) is 23.4. The van der Waals surface area contributed by atoms with Crippen LogP contribution in [-0.4, -0.2) is 76.5 Å². The average molecular weight is 599 g/mol. The van der Waals surface area contributed by atoms with E-state index in [0.29, 0.717) is 17.5 Å². The van der Waals surface area contributed by atoms with Gasteiger partial charge in [0.25, 0.3) is 0 Å². The van der Waals surface area contributed by atoms with E-state index in [9.17, 15) is 34.2 Å². The molecule has 0 aliphatic heterocycles. The van der Waals surface area contributed by atoms with E-state index in [1.54, 1.807) is 30.3 Å². The first-order valence-corrected chi connectivity index (χ1v) is 13.4. The Morgan fingerprint density at radius 3 is 1.77 bits per heavy atom. The molecule has 2 aromatic rings. The molecule has 0 aromatic heterocycles. The second kappa shape index (κ2) is 16.9. The summed E-state index contributed by atoms with van der Waals surface area (Å²) in [6.45, 7) is 0.262. The summed E-state index contributed by atoms with van der Waals surface area (Å²) in [6, 6.07) is 9.47. The Morgan fingerprint density at radius 2 is 1.26 bits per heavy atom. The number of phenolic OH excluding ortho intramolecular Hbond substituents is 1. The molecule has 0 aliphatic carbocycles. The maximum atomic E-state index is 13.6. The van der Waals surface area contributed by atoms with E-state index < -0.39 is 60.2 Å². The number of aliphatic imine (C=N–C) groups is 1. The predicted octanol–water partition coefficient (Wildman–Crippen LogP) is -2.03. The van der Waals surface area contributed by atoms with Crippen LogP contribution in [0, 0.1) is 0 Å². The number of carbonyl (C=O) groups excluding carboxylic acids is 4. The normalized spacial score (nSPS) is 13.4. The van der Waals surface area contributed by atoms with Crippen LogP contribution < -0.4 is 38.9 Å². The Labute approximate surface area is 248 Å². The summed E-state index contributed by atoms with van der Waals surface area (Å²) in [4.78, 5) is 66.5. The number of hydrogen-bond acceptors (Lipinski definition) is 8. The summed E-state index contributed by atoms with van der Waals surface area (Å²) >= 11 is 0. The van der Waals surface area contributed by atoms with Crippen LogP contribution in [-0.2, 0) is 36.8 Å². The highest BCUT2D eigenvalue weighted by Gasteiger charge is 2.31. The zero-order chi connectivity index (χ0) is 31.9. The standard InChI is InChI=1S/C28H38N8O7/c29-19(7-4-12-33-28(31)32)24(39)34-20(13-16-5-2-1-3-6-16)25(40)35-21(14-17-8-10-18(37)11-9-17)26(41)36-22(27(42)43)15-23(30)38/h1-3,5-6,8-11,19-22,37H,4,7,12-15,29H2,(H2,30,38)(H,34,39)(H,35,40)(H,36,41)(H,42,43)(H4,31,32,33). The van der Waals surface area contributed by atoms with E-state index in [-0.39, 0.29) is 37.5 Å². The first-order valence-electron chi connectivity index (χ1n) is 13.4. The number of nitrogens with zero attached hydrogens (tertiary/aromatic N) is 1. The molecule has 0 saturated heterocycles. The molecule has 15 heteroatoms. The third-order valence-corrected chi connectivity index (χ3v) is 6.25. The lowest BCUT2D eigenvalue weighted by Gasteiger charge is -2.25. The Kier molecular flexibility index (Phi) is 13.4. The minimum atomic E-state index is -1.64. The molecule has 0 aliphatic rings. The molecule has 0 spiro atoms. The van der Waals surface area contributed by atoms with E-state index in [1.807, 2.05) is 0 Å². The summed E-state index contributed by atoms with van der Waals surface area (Å²) in [5.74, 6) is -4.83. The SMILES string of the molecule is NC(=O)CC(NC(=O)C(Cc1ccc(O)cc1)NC(=O)C(Cc1ccccc1)NC(=O)C(N)CCCN=C(N)N)C(=O)O. The maximum absolute atomic E-state index is 13.6. The lowest BCUT2D eigenvalue weighted by molar-refractivity contribution is -0.143. The molecule has 0 radical (unpaired) electrons. The molecule has 232 valence electrons. The summed E-state index contributed by atoms with van der Waals surface area (Å²) < 4.78 is 0. The molecular formula is C28H38N8O7. The van der Waals surface area contributed by atoms with Gasteiger partial charge in [0.1, 0.15) is 23.9 Å². The first-order chi connectivity index (χ1) is 20.3. The number of rotatable bonds is 17. The van der Waals surface area contributed by atoms with Crippen molar-refractivity contribution in [3.8, 4) is 5.75 Å². The number of aromatic hydroxyl groups is 1. The number of carboxylic acid groups (broad SMARTS) is 1. The van der Waals surface area contributed by atoms with Crippen molar-refractivity contribution in [2.24, 2.45) is 27.9 Å². The van der Waals surface area contributed by atoms with Crippen LogP contribution in [0.5, 0.6) is 5.75 Å². The highest BCUT2D eigenvalue weighted by Crippen LogP contribution is 2.13. The number of benzene rings is 2. The molecular weight excluding hydrogens is 560 g/mol. The minimum absolute atomic E-state index is 0.0264. The topological polar surface area (TPSA) is 278 Å². The Balaban J connectivity index is 2.28. The van der Waals surface area contributed by atoms with Crippen LogP contribution in [0.25, 0.3) is 0 Å². The molecule has 43 heavy (non-hydrogen) atoms. The first kappa shape index (κ1) is 34.0. The van der Waals surface area contributed by atoms with E-state index in [1.165, 1.54) is 24.3 Å². The number of carbonyl (C=O) groups is 5. The van der Waals surface area contributed by atoms with Crippen molar-refractivity contribution in [3.05, 3.63) is 65.7 Å². The fraction of sp³-hybridized carbons (Fsp3) is 0.357. The van der Waals surface area contributed by atoms with Crippen molar-refractivity contribution in [2.75, 3.05) is 6.54 Å². The third-order valence-electron chi connectivity index (χ3n) is 6.25. The van der Waals surface area contributed by atoms with Gasteiger partial charge in [0.15, 0.2) is 5.96 Å². The van der Waals surface area contributed by atoms with Crippen LogP contribution >= 0.6 is 0 Å². The highest BCUT2D eigenvalue weighted by atomic mass is 16.4. The Hall–Kier alpha value is -5.18. The Bertz CT molecular complexity index is 1280. The van der Waals surface area contributed by atoms with Gasteiger partial charge in [-0.05, 0) is 36.1 Å². The lowest BCUT2D eigenvalue weighted by atomic mass is 10.0. The third kappa shape index (κ3) is 12.5. The molecule has 4 unspecified atom stereocenters. The number of aliphatic carboxylic acids is 1. The fourth-order valence-corrected chi connectivity index (χ4v) is 4.01. The second-order valence-corrected chi connectivity index (χ2v) is 9.81. The van der Waals surface area contributed by atoms with Gasteiger partial charge in [0.05, 0.1) is 12.5 Å². The number of nitrogens with one attached hydrogen (secondary N) is 3. The van der Waals surface area contributed by atoms with Gasteiger partial charge in [-0.1, -0.05) is 42.5 Å². The fourth-order valence-electron chi connectivity index (χ4n) is 4.01. The summed E-state index contributed by atoms with van der Waals surface area (Å²) in [5, 5.41) is 26.5. The van der Waals surface area contributed by atoms with Crippen molar-refractivity contribution in [1.82, 2.24) is 16.0 Å². The van der Waals surface area contributed by atoms with Gasteiger partial charge in [-0.15, -0.1) is 0 Å². The van der Waals surface area contributed by atoms with Crippen LogP contribution in [0.15, 0.2) is 59.6 Å². The van der Waals surface area contributed by atoms with Crippen molar-refractivity contribution in [1.29, 1.82) is 0 Å². The zero-order valence-electron chi connectivity index (χ0n) is 23.4. The Morgan fingerprint density at radius 1 is 0.744 bits per heavy atom. The molecule has 0 bridgehead atoms. The maximum Gasteiger partial charge on any atom is 0.326 e. The van der Waals surface area contributed by atoms with E-state index in [2.05, 4.69) is 20.9 Å². The van der Waals surface area contributed by atoms with E-state index in [0.717, 1.165) is 0 Å². The van der Waals surface area contributed by atoms with Crippen LogP contribution in [0.1, 0.15) is 30.4 Å². The summed E-state index contributed by atoms with van der Waals surface area (Å²) in [5.41, 5.74) is 23.0. The van der Waals surface area contributed by atoms with Gasteiger partial charge in [-0.25, -0.2) is 4.79 Å². The van der Waals surface area contributed by atoms with Crippen molar-refractivity contribution < 1.29 is 34.2 Å². The van der Waals surface area contributed by atoms with Crippen LogP contribution in [0.4, 0.5) is 0 Å². The second-order valence-electron chi connectivity index (χ2n) is 9.81. The number of amides is 4.